The molecular weight excluding hydrogens is 615 g/mol. The van der Waals surface area contributed by atoms with Crippen molar-refractivity contribution < 1.29 is 0 Å². The van der Waals surface area contributed by atoms with Crippen LogP contribution in [-0.4, -0.2) is 0 Å². The maximum absolute atomic E-state index is 2.34. The van der Waals surface area contributed by atoms with Crippen molar-refractivity contribution in [3.05, 3.63) is 187 Å². The van der Waals surface area contributed by atoms with Crippen LogP contribution in [0.5, 0.6) is 0 Å². The third-order valence-corrected chi connectivity index (χ3v) is 10.7. The number of hydrogen-bond acceptors (Lipinski definition) is 1. The molecule has 240 valence electrons. The van der Waals surface area contributed by atoms with Crippen LogP contribution in [0, 0.1) is 13.8 Å². The van der Waals surface area contributed by atoms with E-state index in [1.807, 2.05) is 0 Å². The van der Waals surface area contributed by atoms with Crippen molar-refractivity contribution in [2.45, 2.75) is 13.8 Å². The molecule has 0 aliphatic carbocycles. The summed E-state index contributed by atoms with van der Waals surface area (Å²) < 4.78 is 0. The Hall–Kier alpha value is -6.44. The van der Waals surface area contributed by atoms with Gasteiger partial charge in [-0.1, -0.05) is 151 Å². The SMILES string of the molecule is Cc1ccc(N(c2ccc(C)cc2)c2ccc(-c3c4ccccc4c(-c4ccc5ccc6cccc7ccc4c5c67)c4ccccc34)cc2)cc1. The molecule has 10 aromatic rings. The topological polar surface area (TPSA) is 3.24 Å². The van der Waals surface area contributed by atoms with Crippen LogP contribution in [0.3, 0.4) is 0 Å². The van der Waals surface area contributed by atoms with Crippen molar-refractivity contribution in [3.63, 3.8) is 0 Å². The highest BCUT2D eigenvalue weighted by molar-refractivity contribution is 6.29. The van der Waals surface area contributed by atoms with E-state index in [1.165, 1.54) is 87.2 Å². The van der Waals surface area contributed by atoms with Gasteiger partial charge in [0.05, 0.1) is 0 Å². The van der Waals surface area contributed by atoms with Crippen LogP contribution in [0.25, 0.3) is 76.1 Å². The van der Waals surface area contributed by atoms with Crippen LogP contribution >= 0.6 is 0 Å². The Kier molecular flexibility index (Phi) is 6.69. The lowest BCUT2D eigenvalue weighted by atomic mass is 9.83. The molecule has 0 radical (unpaired) electrons. The van der Waals surface area contributed by atoms with Crippen molar-refractivity contribution in [1.82, 2.24) is 0 Å². The van der Waals surface area contributed by atoms with Gasteiger partial charge in [0.15, 0.2) is 0 Å². The molecule has 51 heavy (non-hydrogen) atoms. The molecule has 0 atom stereocenters. The normalized spacial score (nSPS) is 11.7. The fourth-order valence-corrected chi connectivity index (χ4v) is 8.29. The van der Waals surface area contributed by atoms with E-state index in [9.17, 15) is 0 Å². The first-order valence-electron chi connectivity index (χ1n) is 17.8. The second-order valence-electron chi connectivity index (χ2n) is 13.9. The minimum atomic E-state index is 1.13. The number of nitrogens with zero attached hydrogens (tertiary/aromatic N) is 1. The third kappa shape index (κ3) is 4.70. The Labute approximate surface area is 298 Å². The van der Waals surface area contributed by atoms with Crippen molar-refractivity contribution in [3.8, 4) is 22.3 Å². The summed E-state index contributed by atoms with van der Waals surface area (Å²) in [5.74, 6) is 0. The maximum Gasteiger partial charge on any atom is 0.0462 e. The summed E-state index contributed by atoms with van der Waals surface area (Å²) in [6, 6.07) is 65.1. The van der Waals surface area contributed by atoms with Gasteiger partial charge in [0, 0.05) is 17.1 Å². The minimum Gasteiger partial charge on any atom is -0.311 e. The summed E-state index contributed by atoms with van der Waals surface area (Å²) in [7, 11) is 0. The molecule has 0 saturated carbocycles. The number of fused-ring (bicyclic) bond motifs is 2. The second-order valence-corrected chi connectivity index (χ2v) is 13.9. The van der Waals surface area contributed by atoms with Crippen molar-refractivity contribution in [2.24, 2.45) is 0 Å². The van der Waals surface area contributed by atoms with Crippen molar-refractivity contribution in [2.75, 3.05) is 4.90 Å². The molecule has 0 unspecified atom stereocenters. The first-order valence-corrected chi connectivity index (χ1v) is 17.8. The maximum atomic E-state index is 2.34. The molecule has 0 heterocycles. The van der Waals surface area contributed by atoms with Crippen LogP contribution < -0.4 is 4.90 Å². The number of benzene rings is 10. The summed E-state index contributed by atoms with van der Waals surface area (Å²) >= 11 is 0. The Bertz CT molecular complexity index is 2780. The van der Waals surface area contributed by atoms with E-state index in [2.05, 4.69) is 195 Å². The average molecular weight is 650 g/mol. The third-order valence-electron chi connectivity index (χ3n) is 10.7. The van der Waals surface area contributed by atoms with Crippen LogP contribution in [0.15, 0.2) is 176 Å². The summed E-state index contributed by atoms with van der Waals surface area (Å²) in [6.45, 7) is 4.28. The molecule has 1 nitrogen and oxygen atoms in total. The molecule has 0 aliphatic rings. The van der Waals surface area contributed by atoms with Gasteiger partial charge in [-0.3, -0.25) is 0 Å². The Morgan fingerprint density at radius 1 is 0.314 bits per heavy atom. The van der Waals surface area contributed by atoms with Crippen LogP contribution in [0.4, 0.5) is 17.1 Å². The highest BCUT2D eigenvalue weighted by atomic mass is 15.1. The first-order chi connectivity index (χ1) is 25.1. The molecule has 0 spiro atoms. The van der Waals surface area contributed by atoms with E-state index in [4.69, 9.17) is 0 Å². The van der Waals surface area contributed by atoms with Gasteiger partial charge >= 0.3 is 0 Å². The summed E-state index contributed by atoms with van der Waals surface area (Å²) in [6.07, 6.45) is 0. The summed E-state index contributed by atoms with van der Waals surface area (Å²) in [5.41, 5.74) is 11.0. The standard InChI is InChI=1S/C50H35N/c1-32-14-24-38(25-15-32)51(39-26-16-33(2)17-27-39)40-28-20-36(21-29-40)48-41-10-3-5-12-43(41)50(44-13-6-4-11-42(44)48)46-31-23-37-19-18-34-8-7-9-35-22-30-45(46)49(37)47(34)35/h3-31H,1-2H3. The fourth-order valence-electron chi connectivity index (χ4n) is 8.29. The van der Waals surface area contributed by atoms with Crippen LogP contribution in [-0.2, 0) is 0 Å². The van der Waals surface area contributed by atoms with Gasteiger partial charge in [0.2, 0.25) is 0 Å². The molecule has 0 bridgehead atoms. The number of hydrogen-bond donors (Lipinski definition) is 0. The Morgan fingerprint density at radius 3 is 1.27 bits per heavy atom. The smallest absolute Gasteiger partial charge is 0.0462 e. The molecule has 0 amide bonds. The lowest BCUT2D eigenvalue weighted by Crippen LogP contribution is -2.09. The summed E-state index contributed by atoms with van der Waals surface area (Å²) in [4.78, 5) is 2.34. The lowest BCUT2D eigenvalue weighted by Gasteiger charge is -2.26. The molecule has 0 N–H and O–H groups in total. The van der Waals surface area contributed by atoms with E-state index in [1.54, 1.807) is 0 Å². The largest absolute Gasteiger partial charge is 0.311 e. The fraction of sp³-hybridized carbons (Fsp3) is 0.0400. The van der Waals surface area contributed by atoms with Gasteiger partial charge in [0.25, 0.3) is 0 Å². The molecule has 10 rings (SSSR count). The van der Waals surface area contributed by atoms with E-state index in [0.717, 1.165) is 17.1 Å². The van der Waals surface area contributed by atoms with E-state index >= 15 is 0 Å². The monoisotopic (exact) mass is 649 g/mol. The van der Waals surface area contributed by atoms with Gasteiger partial charge in [0.1, 0.15) is 0 Å². The zero-order valence-electron chi connectivity index (χ0n) is 28.7. The number of anilines is 3. The van der Waals surface area contributed by atoms with Gasteiger partial charge in [-0.2, -0.15) is 0 Å². The molecule has 1 heteroatoms. The predicted molar refractivity (Wildman–Crippen MR) is 220 cm³/mol. The van der Waals surface area contributed by atoms with E-state index in [-0.39, 0.29) is 0 Å². The Balaban J connectivity index is 1.19. The van der Waals surface area contributed by atoms with Gasteiger partial charge in [-0.05, 0) is 126 Å². The van der Waals surface area contributed by atoms with Gasteiger partial charge in [-0.15, -0.1) is 0 Å². The molecule has 10 aromatic carbocycles. The first kappa shape index (κ1) is 29.5. The zero-order valence-corrected chi connectivity index (χ0v) is 28.7. The molecule has 0 fully saturated rings. The van der Waals surface area contributed by atoms with Crippen LogP contribution in [0.1, 0.15) is 11.1 Å². The quantitative estimate of drug-likeness (QED) is 0.132. The van der Waals surface area contributed by atoms with Crippen molar-refractivity contribution >= 4 is 70.9 Å². The highest BCUT2D eigenvalue weighted by Crippen LogP contribution is 2.47. The molecule has 0 saturated heterocycles. The van der Waals surface area contributed by atoms with E-state index < -0.39 is 0 Å². The number of rotatable bonds is 5. The second kappa shape index (κ2) is 11.6. The zero-order chi connectivity index (χ0) is 34.1. The minimum absolute atomic E-state index is 1.13. The number of aryl methyl sites for hydroxylation is 2. The van der Waals surface area contributed by atoms with Crippen LogP contribution in [0.2, 0.25) is 0 Å². The highest BCUT2D eigenvalue weighted by Gasteiger charge is 2.20. The Morgan fingerprint density at radius 2 is 0.745 bits per heavy atom. The predicted octanol–water partition coefficient (Wildman–Crippen LogP) is 14.3. The summed E-state index contributed by atoms with van der Waals surface area (Å²) in [5, 5.41) is 12.9. The van der Waals surface area contributed by atoms with Gasteiger partial charge < -0.3 is 4.90 Å². The molecule has 0 aliphatic heterocycles. The molecular formula is C50H35N. The van der Waals surface area contributed by atoms with Crippen molar-refractivity contribution in [1.29, 1.82) is 0 Å². The van der Waals surface area contributed by atoms with Gasteiger partial charge in [-0.25, -0.2) is 0 Å². The molecule has 0 aromatic heterocycles. The average Bonchev–Trinajstić information content (AvgIpc) is 3.18. The lowest BCUT2D eigenvalue weighted by molar-refractivity contribution is 1.27. The van der Waals surface area contributed by atoms with E-state index in [0.29, 0.717) is 0 Å².